The van der Waals surface area contributed by atoms with Crippen molar-refractivity contribution in [1.82, 2.24) is 14.6 Å². The fourth-order valence-electron chi connectivity index (χ4n) is 4.74. The third-order valence-corrected chi connectivity index (χ3v) is 6.16. The molecule has 4 nitrogen and oxygen atoms in total. The van der Waals surface area contributed by atoms with Crippen molar-refractivity contribution in [2.24, 2.45) is 0 Å². The summed E-state index contributed by atoms with van der Waals surface area (Å²) in [6.45, 7) is 0. The molecule has 0 atom stereocenters. The molecule has 1 aliphatic rings. The van der Waals surface area contributed by atoms with Gasteiger partial charge in [-0.15, -0.1) is 0 Å². The van der Waals surface area contributed by atoms with Crippen molar-refractivity contribution in [2.75, 3.05) is 0 Å². The highest BCUT2D eigenvalue weighted by atomic mass is 16.1. The van der Waals surface area contributed by atoms with Gasteiger partial charge in [0.05, 0.1) is 5.69 Å². The molecule has 0 radical (unpaired) electrons. The minimum absolute atomic E-state index is 0.0494. The van der Waals surface area contributed by atoms with Gasteiger partial charge < -0.3 is 0 Å². The summed E-state index contributed by atoms with van der Waals surface area (Å²) in [5.74, 6) is 0. The van der Waals surface area contributed by atoms with E-state index >= 15 is 0 Å². The summed E-state index contributed by atoms with van der Waals surface area (Å²) in [7, 11) is 0. The SMILES string of the molecule is O=c1c2c(nc3c(-c4cccc5ccccc45)c(Cc4ccccc4)[nH]n13)CCC2. The molecule has 3 aromatic carbocycles. The van der Waals surface area contributed by atoms with Gasteiger partial charge in [-0.3, -0.25) is 9.89 Å². The Morgan fingerprint density at radius 1 is 0.900 bits per heavy atom. The largest absolute Gasteiger partial charge is 0.293 e. The van der Waals surface area contributed by atoms with Crippen molar-refractivity contribution >= 4 is 16.4 Å². The van der Waals surface area contributed by atoms with Gasteiger partial charge in [-0.25, -0.2) is 9.50 Å². The quantitative estimate of drug-likeness (QED) is 0.474. The van der Waals surface area contributed by atoms with E-state index in [4.69, 9.17) is 4.98 Å². The lowest BCUT2D eigenvalue weighted by molar-refractivity contribution is 0.845. The lowest BCUT2D eigenvalue weighted by Gasteiger charge is -2.09. The van der Waals surface area contributed by atoms with Gasteiger partial charge >= 0.3 is 0 Å². The molecule has 1 N–H and O–H groups in total. The van der Waals surface area contributed by atoms with E-state index in [-0.39, 0.29) is 5.56 Å². The summed E-state index contributed by atoms with van der Waals surface area (Å²) in [5.41, 5.74) is 6.98. The van der Waals surface area contributed by atoms with Gasteiger partial charge in [0.15, 0.2) is 5.65 Å². The summed E-state index contributed by atoms with van der Waals surface area (Å²) < 4.78 is 1.67. The molecule has 0 fully saturated rings. The molecule has 1 aliphatic carbocycles. The zero-order chi connectivity index (χ0) is 20.1. The van der Waals surface area contributed by atoms with E-state index in [1.165, 1.54) is 16.3 Å². The van der Waals surface area contributed by atoms with Gasteiger partial charge in [0.2, 0.25) is 0 Å². The Hall–Kier alpha value is -3.66. The second-order valence-electron chi connectivity index (χ2n) is 8.01. The maximum atomic E-state index is 13.2. The van der Waals surface area contributed by atoms with Crippen molar-refractivity contribution in [2.45, 2.75) is 25.7 Å². The van der Waals surface area contributed by atoms with Crippen LogP contribution in [-0.4, -0.2) is 14.6 Å². The van der Waals surface area contributed by atoms with E-state index in [1.807, 2.05) is 6.07 Å². The molecular weight excluding hydrogens is 370 g/mol. The van der Waals surface area contributed by atoms with Crippen LogP contribution in [0.4, 0.5) is 0 Å². The van der Waals surface area contributed by atoms with Crippen LogP contribution >= 0.6 is 0 Å². The van der Waals surface area contributed by atoms with Crippen LogP contribution in [0, 0.1) is 0 Å². The first-order valence-corrected chi connectivity index (χ1v) is 10.5. The number of nitrogens with zero attached hydrogens (tertiary/aromatic N) is 2. The number of fused-ring (bicyclic) bond motifs is 3. The van der Waals surface area contributed by atoms with Crippen LogP contribution in [0.2, 0.25) is 0 Å². The molecule has 4 heteroatoms. The fourth-order valence-corrected chi connectivity index (χ4v) is 4.74. The van der Waals surface area contributed by atoms with Crippen LogP contribution in [0.3, 0.4) is 0 Å². The maximum Gasteiger partial charge on any atom is 0.276 e. The predicted molar refractivity (Wildman–Crippen MR) is 120 cm³/mol. The van der Waals surface area contributed by atoms with Crippen LogP contribution in [0.15, 0.2) is 77.6 Å². The van der Waals surface area contributed by atoms with Gasteiger partial charge in [0.25, 0.3) is 5.56 Å². The summed E-state index contributed by atoms with van der Waals surface area (Å²) in [6.07, 6.45) is 3.42. The number of aromatic nitrogens is 3. The van der Waals surface area contributed by atoms with Crippen molar-refractivity contribution in [1.29, 1.82) is 0 Å². The summed E-state index contributed by atoms with van der Waals surface area (Å²) in [5, 5.41) is 5.77. The first-order chi connectivity index (χ1) is 14.8. The summed E-state index contributed by atoms with van der Waals surface area (Å²) in [6, 6.07) is 25.1. The van der Waals surface area contributed by atoms with Crippen molar-refractivity contribution in [3.63, 3.8) is 0 Å². The molecule has 0 aliphatic heterocycles. The second-order valence-corrected chi connectivity index (χ2v) is 8.01. The van der Waals surface area contributed by atoms with Crippen LogP contribution in [0.25, 0.3) is 27.5 Å². The predicted octanol–water partition coefficient (Wildman–Crippen LogP) is 4.92. The van der Waals surface area contributed by atoms with Gasteiger partial charge in [-0.1, -0.05) is 72.8 Å². The first-order valence-electron chi connectivity index (χ1n) is 10.5. The molecule has 6 rings (SSSR count). The van der Waals surface area contributed by atoms with E-state index < -0.39 is 0 Å². The first kappa shape index (κ1) is 17.2. The van der Waals surface area contributed by atoms with Gasteiger partial charge in [-0.05, 0) is 41.2 Å². The molecule has 0 spiro atoms. The highest BCUT2D eigenvalue weighted by Gasteiger charge is 2.24. The molecule has 2 aromatic heterocycles. The molecule has 30 heavy (non-hydrogen) atoms. The number of nitrogens with one attached hydrogen (secondary N) is 1. The average Bonchev–Trinajstić information content (AvgIpc) is 3.39. The Morgan fingerprint density at radius 3 is 2.60 bits per heavy atom. The number of aryl methyl sites for hydroxylation is 1. The molecule has 0 saturated carbocycles. The van der Waals surface area contributed by atoms with Gasteiger partial charge in [-0.2, -0.15) is 0 Å². The van der Waals surface area contributed by atoms with Crippen LogP contribution in [0.5, 0.6) is 0 Å². The molecular formula is C26H21N3O. The number of H-pyrrole nitrogens is 1. The monoisotopic (exact) mass is 391 g/mol. The lowest BCUT2D eigenvalue weighted by atomic mass is 9.96. The minimum atomic E-state index is 0.0494. The van der Waals surface area contributed by atoms with Gasteiger partial charge in [0, 0.05) is 23.2 Å². The Kier molecular flexibility index (Phi) is 3.85. The topological polar surface area (TPSA) is 50.2 Å². The second kappa shape index (κ2) is 6.70. The van der Waals surface area contributed by atoms with Crippen LogP contribution in [0.1, 0.15) is 28.9 Å². The normalized spacial score (nSPS) is 13.2. The number of hydrogen-bond donors (Lipinski definition) is 1. The Balaban J connectivity index is 1.69. The standard InChI is InChI=1S/C26H21N3O/c30-26-21-14-7-15-22(21)27-25-24(20-13-6-11-18-10-4-5-12-19(18)20)23(28-29(25)26)16-17-8-2-1-3-9-17/h1-6,8-13,28H,7,14-16H2. The zero-order valence-electron chi connectivity index (χ0n) is 16.6. The van der Waals surface area contributed by atoms with Gasteiger partial charge in [0.1, 0.15) is 0 Å². The number of aromatic amines is 1. The Bertz CT molecular complexity index is 1460. The molecule has 5 aromatic rings. The zero-order valence-corrected chi connectivity index (χ0v) is 16.6. The van der Waals surface area contributed by atoms with E-state index in [0.717, 1.165) is 53.0 Å². The molecule has 0 bridgehead atoms. The summed E-state index contributed by atoms with van der Waals surface area (Å²) >= 11 is 0. The minimum Gasteiger partial charge on any atom is -0.293 e. The Labute approximate surface area is 173 Å². The van der Waals surface area contributed by atoms with E-state index in [2.05, 4.69) is 71.8 Å². The third-order valence-electron chi connectivity index (χ3n) is 6.16. The molecule has 0 unspecified atom stereocenters. The number of benzene rings is 3. The van der Waals surface area contributed by atoms with E-state index in [1.54, 1.807) is 4.52 Å². The number of rotatable bonds is 3. The number of hydrogen-bond acceptors (Lipinski definition) is 2. The highest BCUT2D eigenvalue weighted by molar-refractivity contribution is 6.00. The molecule has 146 valence electrons. The fraction of sp³-hybridized carbons (Fsp3) is 0.154. The van der Waals surface area contributed by atoms with E-state index in [9.17, 15) is 4.79 Å². The lowest BCUT2D eigenvalue weighted by Crippen LogP contribution is -2.20. The maximum absolute atomic E-state index is 13.2. The third kappa shape index (κ3) is 2.61. The highest BCUT2D eigenvalue weighted by Crippen LogP contribution is 2.35. The van der Waals surface area contributed by atoms with E-state index in [0.29, 0.717) is 6.42 Å². The van der Waals surface area contributed by atoms with Crippen molar-refractivity contribution in [3.8, 4) is 11.1 Å². The van der Waals surface area contributed by atoms with Crippen molar-refractivity contribution < 1.29 is 0 Å². The van der Waals surface area contributed by atoms with Crippen LogP contribution < -0.4 is 5.56 Å². The van der Waals surface area contributed by atoms with Crippen LogP contribution in [-0.2, 0) is 19.3 Å². The molecule has 0 amide bonds. The van der Waals surface area contributed by atoms with Crippen molar-refractivity contribution in [3.05, 3.63) is 106 Å². The summed E-state index contributed by atoms with van der Waals surface area (Å²) in [4.78, 5) is 18.2. The average molecular weight is 391 g/mol. The molecule has 0 saturated heterocycles. The smallest absolute Gasteiger partial charge is 0.276 e. The molecule has 2 heterocycles. The Morgan fingerprint density at radius 2 is 1.70 bits per heavy atom.